The Balaban J connectivity index is 2.33. The number of hydrogen-bond donors (Lipinski definition) is 1. The van der Waals surface area contributed by atoms with Crippen molar-refractivity contribution >= 4 is 11.3 Å². The summed E-state index contributed by atoms with van der Waals surface area (Å²) in [5.74, 6) is 0.648. The van der Waals surface area contributed by atoms with E-state index in [1.807, 2.05) is 0 Å². The largest absolute Gasteiger partial charge is 0.312 e. The monoisotopic (exact) mass is 226 g/mol. The summed E-state index contributed by atoms with van der Waals surface area (Å²) in [6, 6.07) is 0. The minimum absolute atomic E-state index is 0.215. The zero-order chi connectivity index (χ0) is 11.5. The van der Waals surface area contributed by atoms with Gasteiger partial charge in [0.25, 0.3) is 0 Å². The highest BCUT2D eigenvalue weighted by Crippen LogP contribution is 2.14. The van der Waals surface area contributed by atoms with Crippen molar-refractivity contribution < 1.29 is 0 Å². The fraction of sp³-hybridized carbons (Fsp3) is 0.750. The predicted octanol–water partition coefficient (Wildman–Crippen LogP) is 3.02. The summed E-state index contributed by atoms with van der Waals surface area (Å²) in [6.45, 7) is 12.0. The van der Waals surface area contributed by atoms with Crippen molar-refractivity contribution in [3.05, 3.63) is 16.1 Å². The van der Waals surface area contributed by atoms with Crippen molar-refractivity contribution in [3.63, 3.8) is 0 Å². The first-order valence-corrected chi connectivity index (χ1v) is 6.41. The van der Waals surface area contributed by atoms with Crippen LogP contribution in [0, 0.1) is 12.8 Å². The maximum absolute atomic E-state index is 4.49. The maximum Gasteiger partial charge on any atom is 0.0931 e. The first-order chi connectivity index (χ1) is 6.87. The van der Waals surface area contributed by atoms with Crippen molar-refractivity contribution in [3.8, 4) is 0 Å². The van der Waals surface area contributed by atoms with Gasteiger partial charge in [-0.05, 0) is 40.2 Å². The van der Waals surface area contributed by atoms with Crippen LogP contribution in [-0.4, -0.2) is 17.1 Å². The maximum atomic E-state index is 4.49. The van der Waals surface area contributed by atoms with Crippen LogP contribution in [0.2, 0.25) is 0 Å². The number of hydrogen-bond acceptors (Lipinski definition) is 3. The van der Waals surface area contributed by atoms with Gasteiger partial charge in [0.2, 0.25) is 0 Å². The summed E-state index contributed by atoms with van der Waals surface area (Å²) < 4.78 is 0. The summed E-state index contributed by atoms with van der Waals surface area (Å²) >= 11 is 1.77. The molecule has 1 rings (SSSR count). The first kappa shape index (κ1) is 12.7. The number of aryl methyl sites for hydroxylation is 1. The highest BCUT2D eigenvalue weighted by molar-refractivity contribution is 7.09. The van der Waals surface area contributed by atoms with E-state index in [1.165, 1.54) is 5.01 Å². The van der Waals surface area contributed by atoms with Gasteiger partial charge in [-0.2, -0.15) is 0 Å². The van der Waals surface area contributed by atoms with Gasteiger partial charge in [-0.1, -0.05) is 6.92 Å². The van der Waals surface area contributed by atoms with E-state index in [2.05, 4.69) is 50.3 Å². The van der Waals surface area contributed by atoms with Gasteiger partial charge in [-0.25, -0.2) is 4.98 Å². The molecule has 86 valence electrons. The summed E-state index contributed by atoms with van der Waals surface area (Å²) in [6.07, 6.45) is 1.08. The average molecular weight is 226 g/mol. The van der Waals surface area contributed by atoms with Crippen molar-refractivity contribution in [1.29, 1.82) is 0 Å². The molecule has 1 unspecified atom stereocenters. The van der Waals surface area contributed by atoms with E-state index >= 15 is 0 Å². The second-order valence-electron chi connectivity index (χ2n) is 5.32. The lowest BCUT2D eigenvalue weighted by Crippen LogP contribution is -2.38. The number of rotatable bonds is 4. The van der Waals surface area contributed by atoms with Gasteiger partial charge in [0.1, 0.15) is 0 Å². The summed E-state index contributed by atoms with van der Waals surface area (Å²) in [4.78, 5) is 4.49. The highest BCUT2D eigenvalue weighted by atomic mass is 32.1. The zero-order valence-corrected chi connectivity index (χ0v) is 11.2. The van der Waals surface area contributed by atoms with Crippen molar-refractivity contribution in [2.24, 2.45) is 5.92 Å². The Morgan fingerprint density at radius 1 is 1.47 bits per heavy atom. The Hall–Kier alpha value is -0.410. The van der Waals surface area contributed by atoms with Crippen LogP contribution >= 0.6 is 11.3 Å². The normalized spacial score (nSPS) is 14.2. The third-order valence-corrected chi connectivity index (χ3v) is 3.16. The van der Waals surface area contributed by atoms with Crippen LogP contribution in [0.3, 0.4) is 0 Å². The van der Waals surface area contributed by atoms with E-state index in [9.17, 15) is 0 Å². The smallest absolute Gasteiger partial charge is 0.0931 e. The molecule has 1 aromatic heterocycles. The molecule has 1 atom stereocenters. The van der Waals surface area contributed by atoms with Gasteiger partial charge in [0.15, 0.2) is 0 Å². The molecule has 0 aliphatic rings. The topological polar surface area (TPSA) is 24.9 Å². The molecular formula is C12H22N2S. The molecule has 0 fully saturated rings. The van der Waals surface area contributed by atoms with Crippen molar-refractivity contribution in [2.75, 3.05) is 6.54 Å². The molecule has 2 nitrogen and oxygen atoms in total. The molecule has 0 spiro atoms. The standard InChI is InChI=1S/C12H22N2S/c1-9(7-13-12(3,4)5)6-11-14-10(2)8-15-11/h8-9,13H,6-7H2,1-5H3. The van der Waals surface area contributed by atoms with Gasteiger partial charge < -0.3 is 5.32 Å². The van der Waals surface area contributed by atoms with Gasteiger partial charge in [0.05, 0.1) is 5.01 Å². The fourth-order valence-corrected chi connectivity index (χ4v) is 2.28. The molecule has 15 heavy (non-hydrogen) atoms. The average Bonchev–Trinajstić information content (AvgIpc) is 2.47. The molecule has 0 aromatic carbocycles. The predicted molar refractivity (Wildman–Crippen MR) is 67.5 cm³/mol. The lowest BCUT2D eigenvalue weighted by atomic mass is 10.0. The number of nitrogens with zero attached hydrogens (tertiary/aromatic N) is 1. The van der Waals surface area contributed by atoms with E-state index in [-0.39, 0.29) is 5.54 Å². The molecule has 0 saturated carbocycles. The summed E-state index contributed by atoms with van der Waals surface area (Å²) in [7, 11) is 0. The molecule has 0 amide bonds. The van der Waals surface area contributed by atoms with Gasteiger partial charge in [-0.3, -0.25) is 0 Å². The third kappa shape index (κ3) is 5.28. The molecule has 0 bridgehead atoms. The minimum atomic E-state index is 0.215. The Labute approximate surface area is 97.1 Å². The zero-order valence-electron chi connectivity index (χ0n) is 10.4. The fourth-order valence-electron chi connectivity index (χ4n) is 1.35. The van der Waals surface area contributed by atoms with E-state index < -0.39 is 0 Å². The molecule has 0 radical (unpaired) electrons. The van der Waals surface area contributed by atoms with E-state index in [0.29, 0.717) is 5.92 Å². The molecule has 1 heterocycles. The van der Waals surface area contributed by atoms with Crippen LogP contribution in [0.1, 0.15) is 38.4 Å². The second-order valence-corrected chi connectivity index (χ2v) is 6.27. The molecule has 0 saturated heterocycles. The highest BCUT2D eigenvalue weighted by Gasteiger charge is 2.12. The van der Waals surface area contributed by atoms with Crippen LogP contribution in [0.5, 0.6) is 0 Å². The van der Waals surface area contributed by atoms with Crippen molar-refractivity contribution in [2.45, 2.75) is 46.6 Å². The minimum Gasteiger partial charge on any atom is -0.312 e. The van der Waals surface area contributed by atoms with Gasteiger partial charge in [-0.15, -0.1) is 11.3 Å². The van der Waals surface area contributed by atoms with Crippen molar-refractivity contribution in [1.82, 2.24) is 10.3 Å². The van der Waals surface area contributed by atoms with E-state index in [1.54, 1.807) is 11.3 Å². The van der Waals surface area contributed by atoms with Gasteiger partial charge in [0, 0.05) is 23.0 Å². The lowest BCUT2D eigenvalue weighted by molar-refractivity contribution is 0.381. The van der Waals surface area contributed by atoms with Crippen LogP contribution in [0.25, 0.3) is 0 Å². The number of aromatic nitrogens is 1. The lowest BCUT2D eigenvalue weighted by Gasteiger charge is -2.23. The Kier molecular flexibility index (Phi) is 4.29. The molecule has 0 aliphatic carbocycles. The summed E-state index contributed by atoms with van der Waals surface area (Å²) in [5, 5.41) is 6.91. The molecule has 3 heteroatoms. The molecule has 0 aliphatic heterocycles. The van der Waals surface area contributed by atoms with E-state index in [4.69, 9.17) is 0 Å². The van der Waals surface area contributed by atoms with Crippen LogP contribution < -0.4 is 5.32 Å². The molecule has 1 N–H and O–H groups in total. The van der Waals surface area contributed by atoms with Crippen LogP contribution in [0.4, 0.5) is 0 Å². The number of nitrogens with one attached hydrogen (secondary N) is 1. The molecular weight excluding hydrogens is 204 g/mol. The quantitative estimate of drug-likeness (QED) is 0.853. The number of thiazole rings is 1. The molecule has 1 aromatic rings. The first-order valence-electron chi connectivity index (χ1n) is 5.53. The third-order valence-electron chi connectivity index (χ3n) is 2.17. The van der Waals surface area contributed by atoms with Gasteiger partial charge >= 0.3 is 0 Å². The van der Waals surface area contributed by atoms with Crippen LogP contribution in [-0.2, 0) is 6.42 Å². The second kappa shape index (κ2) is 5.08. The SMILES string of the molecule is Cc1csc(CC(C)CNC(C)(C)C)n1. The van der Waals surface area contributed by atoms with Crippen LogP contribution in [0.15, 0.2) is 5.38 Å². The van der Waals surface area contributed by atoms with E-state index in [0.717, 1.165) is 18.7 Å². The Morgan fingerprint density at radius 3 is 2.60 bits per heavy atom. The Morgan fingerprint density at radius 2 is 2.13 bits per heavy atom. The summed E-state index contributed by atoms with van der Waals surface area (Å²) in [5.41, 5.74) is 1.36. The Bertz CT molecular complexity index is 299.